The van der Waals surface area contributed by atoms with Crippen molar-refractivity contribution in [1.82, 2.24) is 9.80 Å². The van der Waals surface area contributed by atoms with E-state index in [0.29, 0.717) is 6.04 Å². The Morgan fingerprint density at radius 3 is 2.53 bits per heavy atom. The SMILES string of the molecule is C[C@H]1CCCN(CCCOc2ccc(N3CCC4(CC3)CN(C3CCCC3)C(=O)CO4)cc2)C1. The Balaban J connectivity index is 1.06. The van der Waals surface area contributed by atoms with E-state index in [1.54, 1.807) is 0 Å². The highest BCUT2D eigenvalue weighted by Gasteiger charge is 2.44. The number of anilines is 1. The van der Waals surface area contributed by atoms with Crippen LogP contribution in [0.15, 0.2) is 24.3 Å². The summed E-state index contributed by atoms with van der Waals surface area (Å²) in [5.74, 6) is 2.00. The lowest BCUT2D eigenvalue weighted by Gasteiger charge is -2.49. The number of carbonyl (C=O) groups is 1. The van der Waals surface area contributed by atoms with Gasteiger partial charge < -0.3 is 24.2 Å². The van der Waals surface area contributed by atoms with Crippen LogP contribution in [0.4, 0.5) is 5.69 Å². The van der Waals surface area contributed by atoms with Crippen LogP contribution in [-0.2, 0) is 9.53 Å². The van der Waals surface area contributed by atoms with Crippen LogP contribution in [-0.4, -0.2) is 79.8 Å². The fourth-order valence-electron chi connectivity index (χ4n) is 6.49. The molecule has 6 nitrogen and oxygen atoms in total. The minimum absolute atomic E-state index is 0.151. The zero-order chi connectivity index (χ0) is 23.4. The first-order valence-corrected chi connectivity index (χ1v) is 13.7. The molecule has 5 rings (SSSR count). The summed E-state index contributed by atoms with van der Waals surface area (Å²) >= 11 is 0. The molecular formula is C28H43N3O3. The van der Waals surface area contributed by atoms with E-state index in [9.17, 15) is 4.79 Å². The topological polar surface area (TPSA) is 45.2 Å². The van der Waals surface area contributed by atoms with E-state index in [1.165, 1.54) is 57.3 Å². The molecule has 1 aromatic carbocycles. The number of hydrogen-bond acceptors (Lipinski definition) is 5. The van der Waals surface area contributed by atoms with Crippen molar-refractivity contribution in [3.8, 4) is 5.75 Å². The highest BCUT2D eigenvalue weighted by molar-refractivity contribution is 5.78. The lowest BCUT2D eigenvalue weighted by atomic mass is 9.88. The van der Waals surface area contributed by atoms with Gasteiger partial charge in [0, 0.05) is 37.9 Å². The van der Waals surface area contributed by atoms with E-state index in [2.05, 4.69) is 45.9 Å². The maximum absolute atomic E-state index is 12.5. The quantitative estimate of drug-likeness (QED) is 0.557. The van der Waals surface area contributed by atoms with Crippen molar-refractivity contribution in [3.05, 3.63) is 24.3 Å². The van der Waals surface area contributed by atoms with Crippen molar-refractivity contribution < 1.29 is 14.3 Å². The van der Waals surface area contributed by atoms with Crippen molar-refractivity contribution in [2.75, 3.05) is 57.4 Å². The van der Waals surface area contributed by atoms with Crippen LogP contribution in [0.5, 0.6) is 5.75 Å². The molecule has 0 unspecified atom stereocenters. The summed E-state index contributed by atoms with van der Waals surface area (Å²) in [7, 11) is 0. The van der Waals surface area contributed by atoms with Crippen LogP contribution < -0.4 is 9.64 Å². The molecule has 0 radical (unpaired) electrons. The summed E-state index contributed by atoms with van der Waals surface area (Å²) in [5.41, 5.74) is 1.10. The van der Waals surface area contributed by atoms with Crippen molar-refractivity contribution in [1.29, 1.82) is 0 Å². The van der Waals surface area contributed by atoms with E-state index < -0.39 is 0 Å². The van der Waals surface area contributed by atoms with Gasteiger partial charge in [-0.2, -0.15) is 0 Å². The molecule has 1 aliphatic carbocycles. The predicted molar refractivity (Wildman–Crippen MR) is 135 cm³/mol. The molecule has 1 saturated carbocycles. The maximum atomic E-state index is 12.5. The summed E-state index contributed by atoms with van der Waals surface area (Å²) in [4.78, 5) is 19.7. The van der Waals surface area contributed by atoms with Gasteiger partial charge in [-0.05, 0) is 81.7 Å². The van der Waals surface area contributed by atoms with Crippen LogP contribution in [0, 0.1) is 5.92 Å². The van der Waals surface area contributed by atoms with Crippen molar-refractivity contribution in [2.45, 2.75) is 76.4 Å². The molecule has 3 heterocycles. The Bertz CT molecular complexity index is 800. The molecule has 1 amide bonds. The van der Waals surface area contributed by atoms with Gasteiger partial charge in [0.1, 0.15) is 12.4 Å². The number of amides is 1. The molecule has 1 atom stereocenters. The van der Waals surface area contributed by atoms with E-state index in [4.69, 9.17) is 9.47 Å². The number of ether oxygens (including phenoxy) is 2. The van der Waals surface area contributed by atoms with Crippen LogP contribution in [0.3, 0.4) is 0 Å². The first-order valence-electron chi connectivity index (χ1n) is 13.7. The average molecular weight is 470 g/mol. The van der Waals surface area contributed by atoms with Gasteiger partial charge in [0.05, 0.1) is 18.8 Å². The van der Waals surface area contributed by atoms with Crippen molar-refractivity contribution >= 4 is 11.6 Å². The molecule has 4 fully saturated rings. The number of piperidine rings is 2. The summed E-state index contributed by atoms with van der Waals surface area (Å²) < 4.78 is 12.2. The number of hydrogen-bond donors (Lipinski definition) is 0. The molecular weight excluding hydrogens is 426 g/mol. The third-order valence-electron chi connectivity index (χ3n) is 8.55. The van der Waals surface area contributed by atoms with Crippen molar-refractivity contribution in [2.24, 2.45) is 5.92 Å². The molecule has 0 N–H and O–H groups in total. The van der Waals surface area contributed by atoms with Crippen LogP contribution in [0.2, 0.25) is 0 Å². The van der Waals surface area contributed by atoms with Gasteiger partial charge in [-0.25, -0.2) is 0 Å². The summed E-state index contributed by atoms with van der Waals surface area (Å²) in [6, 6.07) is 9.05. The fourth-order valence-corrected chi connectivity index (χ4v) is 6.49. The molecule has 3 saturated heterocycles. The van der Waals surface area contributed by atoms with E-state index >= 15 is 0 Å². The molecule has 0 bridgehead atoms. The van der Waals surface area contributed by atoms with Gasteiger partial charge in [-0.1, -0.05) is 19.8 Å². The third kappa shape index (κ3) is 5.71. The summed E-state index contributed by atoms with van der Waals surface area (Å²) in [5, 5.41) is 0. The first kappa shape index (κ1) is 23.9. The second-order valence-electron chi connectivity index (χ2n) is 11.2. The van der Waals surface area contributed by atoms with E-state index in [1.807, 2.05) is 0 Å². The minimum atomic E-state index is -0.151. The number of nitrogens with zero attached hydrogens (tertiary/aromatic N) is 3. The number of carbonyl (C=O) groups excluding carboxylic acids is 1. The van der Waals surface area contributed by atoms with Crippen LogP contribution >= 0.6 is 0 Å². The lowest BCUT2D eigenvalue weighted by Crippen LogP contribution is -2.60. The van der Waals surface area contributed by atoms with Gasteiger partial charge in [0.15, 0.2) is 0 Å². The smallest absolute Gasteiger partial charge is 0.248 e. The number of rotatable bonds is 7. The molecule has 3 aliphatic heterocycles. The highest BCUT2D eigenvalue weighted by atomic mass is 16.5. The number of benzene rings is 1. The van der Waals surface area contributed by atoms with Gasteiger partial charge >= 0.3 is 0 Å². The first-order chi connectivity index (χ1) is 16.6. The molecule has 1 aromatic rings. The monoisotopic (exact) mass is 469 g/mol. The Morgan fingerprint density at radius 1 is 1.03 bits per heavy atom. The van der Waals surface area contributed by atoms with Crippen molar-refractivity contribution in [3.63, 3.8) is 0 Å². The predicted octanol–water partition coefficient (Wildman–Crippen LogP) is 4.33. The summed E-state index contributed by atoms with van der Waals surface area (Å²) in [6.07, 6.45) is 10.6. The second kappa shape index (κ2) is 10.9. The van der Waals surface area contributed by atoms with Crippen LogP contribution in [0.25, 0.3) is 0 Å². The lowest BCUT2D eigenvalue weighted by molar-refractivity contribution is -0.171. The molecule has 188 valence electrons. The number of morpholine rings is 1. The van der Waals surface area contributed by atoms with Gasteiger partial charge in [0.2, 0.25) is 5.91 Å². The zero-order valence-electron chi connectivity index (χ0n) is 21.1. The van der Waals surface area contributed by atoms with Gasteiger partial charge in [-0.15, -0.1) is 0 Å². The van der Waals surface area contributed by atoms with Gasteiger partial charge in [0.25, 0.3) is 0 Å². The standard InChI is InChI=1S/C28H43N3O3/c1-23-6-4-15-29(20-23)16-5-19-33-26-11-9-24(10-12-26)30-17-13-28(14-18-30)22-31(27(32)21-34-28)25-7-2-3-8-25/h9-12,23,25H,2-8,13-22H2,1H3/t23-/m0/s1. The molecule has 6 heteroatoms. The van der Waals surface area contributed by atoms with Gasteiger partial charge in [-0.3, -0.25) is 4.79 Å². The average Bonchev–Trinajstić information content (AvgIpc) is 3.40. The molecule has 34 heavy (non-hydrogen) atoms. The second-order valence-corrected chi connectivity index (χ2v) is 11.2. The third-order valence-corrected chi connectivity index (χ3v) is 8.55. The van der Waals surface area contributed by atoms with E-state index in [0.717, 1.165) is 63.7 Å². The Morgan fingerprint density at radius 2 is 1.79 bits per heavy atom. The molecule has 1 spiro atoms. The normalized spacial score (nSPS) is 26.4. The van der Waals surface area contributed by atoms with E-state index in [-0.39, 0.29) is 18.1 Å². The Kier molecular flexibility index (Phi) is 7.64. The highest BCUT2D eigenvalue weighted by Crippen LogP contribution is 2.35. The molecule has 4 aliphatic rings. The Labute approximate surface area is 205 Å². The Hall–Kier alpha value is -1.79. The zero-order valence-corrected chi connectivity index (χ0v) is 21.1. The largest absolute Gasteiger partial charge is 0.494 e. The maximum Gasteiger partial charge on any atom is 0.248 e. The molecule has 0 aromatic heterocycles. The summed E-state index contributed by atoms with van der Waals surface area (Å²) in [6.45, 7) is 9.77. The number of likely N-dealkylation sites (tertiary alicyclic amines) is 1. The fraction of sp³-hybridized carbons (Fsp3) is 0.750. The minimum Gasteiger partial charge on any atom is -0.494 e. The van der Waals surface area contributed by atoms with Crippen LogP contribution in [0.1, 0.15) is 64.7 Å².